The van der Waals surface area contributed by atoms with E-state index in [4.69, 9.17) is 4.74 Å². The minimum Gasteiger partial charge on any atom is -0.461 e. The van der Waals surface area contributed by atoms with Crippen molar-refractivity contribution in [1.82, 2.24) is 5.32 Å². The van der Waals surface area contributed by atoms with Gasteiger partial charge in [-0.3, -0.25) is 9.59 Å². The second-order valence-corrected chi connectivity index (χ2v) is 5.87. The van der Waals surface area contributed by atoms with E-state index in [1.54, 1.807) is 0 Å². The van der Waals surface area contributed by atoms with Crippen LogP contribution in [0, 0.1) is 0 Å². The number of hydrogen-bond donors (Lipinski definition) is 1. The Kier molecular flexibility index (Phi) is 6.81. The Bertz CT molecular complexity index is 658. The summed E-state index contributed by atoms with van der Waals surface area (Å²) in [6.07, 6.45) is 0.470. The highest BCUT2D eigenvalue weighted by Crippen LogP contribution is 2.16. The van der Waals surface area contributed by atoms with Gasteiger partial charge in [-0.1, -0.05) is 64.5 Å². The SMILES string of the molecule is O=C(Cc1ccccc1)NCCC(=O)OCc1ccccc1Br. The van der Waals surface area contributed by atoms with Gasteiger partial charge in [0.15, 0.2) is 0 Å². The molecule has 2 aromatic rings. The van der Waals surface area contributed by atoms with Crippen molar-refractivity contribution in [2.24, 2.45) is 0 Å². The van der Waals surface area contributed by atoms with E-state index >= 15 is 0 Å². The van der Waals surface area contributed by atoms with Crippen LogP contribution in [0.5, 0.6) is 0 Å². The van der Waals surface area contributed by atoms with E-state index in [1.165, 1.54) is 0 Å². The molecule has 0 atom stereocenters. The zero-order valence-electron chi connectivity index (χ0n) is 12.6. The van der Waals surface area contributed by atoms with Crippen LogP contribution in [0.15, 0.2) is 59.1 Å². The maximum absolute atomic E-state index is 11.7. The van der Waals surface area contributed by atoms with Crippen LogP contribution in [0.1, 0.15) is 17.5 Å². The first-order valence-corrected chi connectivity index (χ1v) is 8.14. The molecule has 4 nitrogen and oxygen atoms in total. The van der Waals surface area contributed by atoms with Crippen LogP contribution in [0.2, 0.25) is 0 Å². The van der Waals surface area contributed by atoms with Crippen molar-refractivity contribution in [3.8, 4) is 0 Å². The third-order valence-corrected chi connectivity index (χ3v) is 3.98. The molecular weight excluding hydrogens is 358 g/mol. The van der Waals surface area contributed by atoms with Crippen LogP contribution in [0.3, 0.4) is 0 Å². The molecule has 0 aliphatic rings. The minimum absolute atomic E-state index is 0.102. The molecule has 2 aromatic carbocycles. The van der Waals surface area contributed by atoms with Crippen molar-refractivity contribution < 1.29 is 14.3 Å². The van der Waals surface area contributed by atoms with E-state index in [9.17, 15) is 9.59 Å². The zero-order chi connectivity index (χ0) is 16.5. The molecule has 23 heavy (non-hydrogen) atoms. The molecule has 0 fully saturated rings. The molecule has 2 rings (SSSR count). The Morgan fingerprint density at radius 2 is 1.70 bits per heavy atom. The minimum atomic E-state index is -0.333. The van der Waals surface area contributed by atoms with Crippen LogP contribution in [-0.2, 0) is 27.4 Å². The van der Waals surface area contributed by atoms with Gasteiger partial charge in [-0.25, -0.2) is 0 Å². The lowest BCUT2D eigenvalue weighted by Gasteiger charge is -2.07. The largest absolute Gasteiger partial charge is 0.461 e. The van der Waals surface area contributed by atoms with Gasteiger partial charge >= 0.3 is 5.97 Å². The van der Waals surface area contributed by atoms with Gasteiger partial charge in [0.1, 0.15) is 6.61 Å². The summed E-state index contributed by atoms with van der Waals surface area (Å²) in [4.78, 5) is 23.4. The Morgan fingerprint density at radius 1 is 1.00 bits per heavy atom. The molecule has 0 bridgehead atoms. The van der Waals surface area contributed by atoms with Crippen LogP contribution < -0.4 is 5.32 Å². The number of rotatable bonds is 7. The Hall–Kier alpha value is -2.14. The molecule has 0 unspecified atom stereocenters. The fraction of sp³-hybridized carbons (Fsp3) is 0.222. The normalized spacial score (nSPS) is 10.1. The number of hydrogen-bond acceptors (Lipinski definition) is 3. The number of amides is 1. The number of halogens is 1. The monoisotopic (exact) mass is 375 g/mol. The van der Waals surface area contributed by atoms with Crippen molar-refractivity contribution in [2.45, 2.75) is 19.4 Å². The fourth-order valence-corrected chi connectivity index (χ4v) is 2.39. The third-order valence-electron chi connectivity index (χ3n) is 3.21. The van der Waals surface area contributed by atoms with Crippen molar-refractivity contribution >= 4 is 27.8 Å². The first-order chi connectivity index (χ1) is 11.1. The molecular formula is C18H18BrNO3. The number of carbonyl (C=O) groups excluding carboxylic acids is 2. The zero-order valence-corrected chi connectivity index (χ0v) is 14.2. The highest BCUT2D eigenvalue weighted by atomic mass is 79.9. The molecule has 5 heteroatoms. The second-order valence-electron chi connectivity index (χ2n) is 5.01. The maximum atomic E-state index is 11.7. The lowest BCUT2D eigenvalue weighted by Crippen LogP contribution is -2.27. The van der Waals surface area contributed by atoms with Crippen LogP contribution >= 0.6 is 15.9 Å². The number of carbonyl (C=O) groups is 2. The standard InChI is InChI=1S/C18H18BrNO3/c19-16-9-5-4-8-15(16)13-23-18(22)10-11-20-17(21)12-14-6-2-1-3-7-14/h1-9H,10-13H2,(H,20,21). The molecule has 0 saturated heterocycles. The summed E-state index contributed by atoms with van der Waals surface area (Å²) >= 11 is 3.40. The van der Waals surface area contributed by atoms with E-state index in [1.807, 2.05) is 54.6 Å². The Labute approximate surface area is 144 Å². The molecule has 0 aliphatic heterocycles. The number of ether oxygens (including phenoxy) is 1. The molecule has 1 N–H and O–H groups in total. The lowest BCUT2D eigenvalue weighted by atomic mass is 10.1. The van der Waals surface area contributed by atoms with Gasteiger partial charge in [0.25, 0.3) is 0 Å². The van der Waals surface area contributed by atoms with Crippen LogP contribution in [0.25, 0.3) is 0 Å². The predicted octanol–water partition coefficient (Wildman–Crippen LogP) is 3.24. The number of benzene rings is 2. The van der Waals surface area contributed by atoms with Gasteiger partial charge in [0, 0.05) is 16.6 Å². The summed E-state index contributed by atoms with van der Waals surface area (Å²) in [6.45, 7) is 0.499. The van der Waals surface area contributed by atoms with Gasteiger partial charge < -0.3 is 10.1 Å². The summed E-state index contributed by atoms with van der Waals surface area (Å²) in [6, 6.07) is 17.0. The third kappa shape index (κ3) is 6.24. The second kappa shape index (κ2) is 9.10. The highest BCUT2D eigenvalue weighted by molar-refractivity contribution is 9.10. The average Bonchev–Trinajstić information content (AvgIpc) is 2.55. The fourth-order valence-electron chi connectivity index (χ4n) is 1.99. The topological polar surface area (TPSA) is 55.4 Å². The number of esters is 1. The molecule has 0 saturated carbocycles. The molecule has 0 aromatic heterocycles. The maximum Gasteiger partial charge on any atom is 0.307 e. The molecule has 0 heterocycles. The van der Waals surface area contributed by atoms with Gasteiger partial charge in [-0.05, 0) is 11.6 Å². The Morgan fingerprint density at radius 3 is 2.43 bits per heavy atom. The average molecular weight is 376 g/mol. The molecule has 0 spiro atoms. The molecule has 0 radical (unpaired) electrons. The van der Waals surface area contributed by atoms with E-state index in [0.29, 0.717) is 6.42 Å². The lowest BCUT2D eigenvalue weighted by molar-refractivity contribution is -0.144. The van der Waals surface area contributed by atoms with Gasteiger partial charge in [-0.15, -0.1) is 0 Å². The summed E-state index contributed by atoms with van der Waals surface area (Å²) in [5, 5.41) is 2.72. The van der Waals surface area contributed by atoms with E-state index in [-0.39, 0.29) is 31.4 Å². The first-order valence-electron chi connectivity index (χ1n) is 7.35. The van der Waals surface area contributed by atoms with Gasteiger partial charge in [-0.2, -0.15) is 0 Å². The smallest absolute Gasteiger partial charge is 0.307 e. The van der Waals surface area contributed by atoms with Crippen LogP contribution in [-0.4, -0.2) is 18.4 Å². The molecule has 1 amide bonds. The van der Waals surface area contributed by atoms with E-state index < -0.39 is 0 Å². The van der Waals surface area contributed by atoms with Crippen LogP contribution in [0.4, 0.5) is 0 Å². The van der Waals surface area contributed by atoms with E-state index in [2.05, 4.69) is 21.2 Å². The van der Waals surface area contributed by atoms with Crippen molar-refractivity contribution in [3.63, 3.8) is 0 Å². The quantitative estimate of drug-likeness (QED) is 0.755. The van der Waals surface area contributed by atoms with Crippen molar-refractivity contribution in [2.75, 3.05) is 6.54 Å². The van der Waals surface area contributed by atoms with Crippen molar-refractivity contribution in [3.05, 3.63) is 70.2 Å². The highest BCUT2D eigenvalue weighted by Gasteiger charge is 2.07. The summed E-state index contributed by atoms with van der Waals surface area (Å²) < 4.78 is 6.10. The molecule has 0 aliphatic carbocycles. The predicted molar refractivity (Wildman–Crippen MR) is 91.7 cm³/mol. The van der Waals surface area contributed by atoms with Gasteiger partial charge in [0.2, 0.25) is 5.91 Å². The Balaban J connectivity index is 1.65. The first kappa shape index (κ1) is 17.2. The summed E-state index contributed by atoms with van der Waals surface area (Å²) in [5.41, 5.74) is 1.86. The van der Waals surface area contributed by atoms with Gasteiger partial charge in [0.05, 0.1) is 12.8 Å². The number of nitrogens with one attached hydrogen (secondary N) is 1. The summed E-state index contributed by atoms with van der Waals surface area (Å²) in [7, 11) is 0. The van der Waals surface area contributed by atoms with Crippen molar-refractivity contribution in [1.29, 1.82) is 0 Å². The van der Waals surface area contributed by atoms with E-state index in [0.717, 1.165) is 15.6 Å². The molecule has 120 valence electrons. The summed E-state index contributed by atoms with van der Waals surface area (Å²) in [5.74, 6) is -0.435.